The Bertz CT molecular complexity index is 1010. The molecule has 0 aliphatic rings. The van der Waals surface area contributed by atoms with Crippen LogP contribution in [0.2, 0.25) is 0 Å². The molecule has 31 heavy (non-hydrogen) atoms. The van der Waals surface area contributed by atoms with Gasteiger partial charge in [0.25, 0.3) is 5.91 Å². The van der Waals surface area contributed by atoms with Gasteiger partial charge in [-0.2, -0.15) is 0 Å². The summed E-state index contributed by atoms with van der Waals surface area (Å²) in [7, 11) is 5.69. The molecule has 5 heteroatoms. The van der Waals surface area contributed by atoms with Crippen LogP contribution in [0.1, 0.15) is 28.4 Å². The van der Waals surface area contributed by atoms with Gasteiger partial charge in [0.15, 0.2) is 11.5 Å². The number of hydrogen-bond acceptors (Lipinski definition) is 4. The highest BCUT2D eigenvalue weighted by molar-refractivity contribution is 5.95. The number of methoxy groups -OCH3 is 1. The summed E-state index contributed by atoms with van der Waals surface area (Å²) in [6.45, 7) is 3.79. The predicted molar refractivity (Wildman–Crippen MR) is 125 cm³/mol. The van der Waals surface area contributed by atoms with Crippen molar-refractivity contribution in [3.63, 3.8) is 0 Å². The van der Waals surface area contributed by atoms with Gasteiger partial charge in [0, 0.05) is 18.7 Å². The minimum absolute atomic E-state index is 0.155. The second kappa shape index (κ2) is 10.6. The molecule has 0 atom stereocenters. The van der Waals surface area contributed by atoms with Gasteiger partial charge in [-0.05, 0) is 61.5 Å². The molecule has 3 aromatic carbocycles. The van der Waals surface area contributed by atoms with E-state index in [1.807, 2.05) is 25.1 Å². The van der Waals surface area contributed by atoms with Crippen LogP contribution < -0.4 is 14.8 Å². The summed E-state index contributed by atoms with van der Waals surface area (Å²) in [5.41, 5.74) is 5.11. The van der Waals surface area contributed by atoms with Crippen molar-refractivity contribution in [3.8, 4) is 22.6 Å². The third-order valence-electron chi connectivity index (χ3n) is 4.95. The van der Waals surface area contributed by atoms with Crippen molar-refractivity contribution in [1.29, 1.82) is 0 Å². The fourth-order valence-electron chi connectivity index (χ4n) is 3.47. The number of hydrogen-bond donors (Lipinski definition) is 1. The number of ether oxygens (including phenoxy) is 2. The molecule has 1 amide bonds. The average molecular weight is 419 g/mol. The summed E-state index contributed by atoms with van der Waals surface area (Å²) in [5.74, 6) is 1.02. The Balaban J connectivity index is 1.73. The highest BCUT2D eigenvalue weighted by Gasteiger charge is 2.12. The van der Waals surface area contributed by atoms with Crippen LogP contribution >= 0.6 is 0 Å². The van der Waals surface area contributed by atoms with E-state index in [-0.39, 0.29) is 5.91 Å². The Labute approximate surface area is 184 Å². The van der Waals surface area contributed by atoms with Crippen molar-refractivity contribution in [2.24, 2.45) is 0 Å². The number of carbonyl (C=O) groups is 1. The summed E-state index contributed by atoms with van der Waals surface area (Å²) in [5, 5.41) is 3.02. The average Bonchev–Trinajstić information content (AvgIpc) is 2.78. The van der Waals surface area contributed by atoms with Gasteiger partial charge in [0.05, 0.1) is 13.7 Å². The van der Waals surface area contributed by atoms with Crippen LogP contribution in [0.25, 0.3) is 11.1 Å². The lowest BCUT2D eigenvalue weighted by atomic mass is 9.98. The first-order valence-electron chi connectivity index (χ1n) is 10.4. The van der Waals surface area contributed by atoms with Gasteiger partial charge in [-0.15, -0.1) is 0 Å². The van der Waals surface area contributed by atoms with Crippen molar-refractivity contribution in [1.82, 2.24) is 10.2 Å². The standard InChI is InChI=1S/C26H30N2O3/c1-5-31-24-15-14-21(16-25(24)30-4)26(29)27-17-22-8-6-7-9-23(22)20-12-10-19(11-13-20)18-28(2)3/h6-16H,5,17-18H2,1-4H3,(H,27,29). The topological polar surface area (TPSA) is 50.8 Å². The lowest BCUT2D eigenvalue weighted by Gasteiger charge is -2.14. The van der Waals surface area contributed by atoms with Crippen LogP contribution in [0.3, 0.4) is 0 Å². The van der Waals surface area contributed by atoms with Gasteiger partial charge in [0.2, 0.25) is 0 Å². The van der Waals surface area contributed by atoms with E-state index in [0.29, 0.717) is 30.2 Å². The normalized spacial score (nSPS) is 10.7. The Morgan fingerprint density at radius 1 is 0.968 bits per heavy atom. The number of nitrogens with one attached hydrogen (secondary N) is 1. The summed E-state index contributed by atoms with van der Waals surface area (Å²) in [6.07, 6.45) is 0. The molecule has 0 heterocycles. The van der Waals surface area contributed by atoms with E-state index in [1.165, 1.54) is 5.56 Å². The SMILES string of the molecule is CCOc1ccc(C(=O)NCc2ccccc2-c2ccc(CN(C)C)cc2)cc1OC. The molecule has 0 aliphatic carbocycles. The molecule has 1 N–H and O–H groups in total. The Morgan fingerprint density at radius 2 is 1.71 bits per heavy atom. The van der Waals surface area contributed by atoms with E-state index < -0.39 is 0 Å². The minimum Gasteiger partial charge on any atom is -0.493 e. The second-order valence-corrected chi connectivity index (χ2v) is 7.57. The minimum atomic E-state index is -0.155. The fraction of sp³-hybridized carbons (Fsp3) is 0.269. The number of amides is 1. The van der Waals surface area contributed by atoms with E-state index >= 15 is 0 Å². The highest BCUT2D eigenvalue weighted by atomic mass is 16.5. The van der Waals surface area contributed by atoms with Crippen molar-refractivity contribution in [3.05, 3.63) is 83.4 Å². The summed E-state index contributed by atoms with van der Waals surface area (Å²) in [6, 6.07) is 21.9. The first-order valence-corrected chi connectivity index (χ1v) is 10.4. The van der Waals surface area contributed by atoms with Crippen molar-refractivity contribution in [2.45, 2.75) is 20.0 Å². The van der Waals surface area contributed by atoms with E-state index in [9.17, 15) is 4.79 Å². The largest absolute Gasteiger partial charge is 0.493 e. The van der Waals surface area contributed by atoms with Crippen molar-refractivity contribution >= 4 is 5.91 Å². The van der Waals surface area contributed by atoms with Gasteiger partial charge >= 0.3 is 0 Å². The zero-order valence-electron chi connectivity index (χ0n) is 18.6. The summed E-state index contributed by atoms with van der Waals surface area (Å²) in [4.78, 5) is 14.9. The number of benzene rings is 3. The molecule has 0 saturated carbocycles. The van der Waals surface area contributed by atoms with Gasteiger partial charge in [-0.25, -0.2) is 0 Å². The van der Waals surface area contributed by atoms with Crippen LogP contribution in [-0.4, -0.2) is 38.6 Å². The molecule has 0 unspecified atom stereocenters. The van der Waals surface area contributed by atoms with E-state index in [0.717, 1.165) is 23.2 Å². The predicted octanol–water partition coefficient (Wildman–Crippen LogP) is 4.75. The zero-order chi connectivity index (χ0) is 22.2. The lowest BCUT2D eigenvalue weighted by molar-refractivity contribution is 0.0950. The lowest BCUT2D eigenvalue weighted by Crippen LogP contribution is -2.23. The Kier molecular flexibility index (Phi) is 7.68. The maximum Gasteiger partial charge on any atom is 0.251 e. The molecule has 0 spiro atoms. The van der Waals surface area contributed by atoms with Gasteiger partial charge < -0.3 is 19.7 Å². The van der Waals surface area contributed by atoms with Crippen LogP contribution in [0.4, 0.5) is 0 Å². The second-order valence-electron chi connectivity index (χ2n) is 7.57. The maximum atomic E-state index is 12.7. The first kappa shape index (κ1) is 22.4. The summed E-state index contributed by atoms with van der Waals surface area (Å²) >= 11 is 0. The molecule has 0 bridgehead atoms. The first-order chi connectivity index (χ1) is 15.0. The van der Waals surface area contributed by atoms with Crippen LogP contribution in [-0.2, 0) is 13.1 Å². The van der Waals surface area contributed by atoms with Gasteiger partial charge in [0.1, 0.15) is 0 Å². The van der Waals surface area contributed by atoms with Crippen molar-refractivity contribution in [2.75, 3.05) is 27.8 Å². The van der Waals surface area contributed by atoms with Crippen LogP contribution in [0.15, 0.2) is 66.7 Å². The highest BCUT2D eigenvalue weighted by Crippen LogP contribution is 2.28. The molecule has 0 saturated heterocycles. The van der Waals surface area contributed by atoms with E-state index in [2.05, 4.69) is 54.6 Å². The zero-order valence-corrected chi connectivity index (χ0v) is 18.6. The molecule has 0 radical (unpaired) electrons. The fourth-order valence-corrected chi connectivity index (χ4v) is 3.47. The molecule has 0 aromatic heterocycles. The number of nitrogens with zero attached hydrogens (tertiary/aromatic N) is 1. The smallest absolute Gasteiger partial charge is 0.251 e. The van der Waals surface area contributed by atoms with Gasteiger partial charge in [-0.3, -0.25) is 4.79 Å². The third kappa shape index (κ3) is 5.86. The summed E-state index contributed by atoms with van der Waals surface area (Å²) < 4.78 is 10.9. The molecule has 162 valence electrons. The molecular formula is C26H30N2O3. The Morgan fingerprint density at radius 3 is 2.39 bits per heavy atom. The molecule has 0 aliphatic heterocycles. The molecular weight excluding hydrogens is 388 g/mol. The van der Waals surface area contributed by atoms with E-state index in [4.69, 9.17) is 9.47 Å². The molecule has 3 aromatic rings. The monoisotopic (exact) mass is 418 g/mol. The van der Waals surface area contributed by atoms with Crippen LogP contribution in [0.5, 0.6) is 11.5 Å². The molecule has 3 rings (SSSR count). The number of carbonyl (C=O) groups excluding carboxylic acids is 1. The maximum absolute atomic E-state index is 12.7. The van der Waals surface area contributed by atoms with Crippen LogP contribution in [0, 0.1) is 0 Å². The van der Waals surface area contributed by atoms with E-state index in [1.54, 1.807) is 25.3 Å². The number of rotatable bonds is 9. The van der Waals surface area contributed by atoms with Crippen molar-refractivity contribution < 1.29 is 14.3 Å². The molecule has 0 fully saturated rings. The molecule has 5 nitrogen and oxygen atoms in total. The third-order valence-corrected chi connectivity index (χ3v) is 4.95. The van der Waals surface area contributed by atoms with Gasteiger partial charge in [-0.1, -0.05) is 48.5 Å². The Hall–Kier alpha value is -3.31. The quantitative estimate of drug-likeness (QED) is 0.545.